The first-order chi connectivity index (χ1) is 8.33. The molecule has 2 nitrogen and oxygen atoms in total. The minimum absolute atomic E-state index is 0.203. The molecule has 1 aliphatic heterocycles. The third-order valence-corrected chi connectivity index (χ3v) is 4.12. The quantitative estimate of drug-likeness (QED) is 0.631. The second kappa shape index (κ2) is 6.23. The second-order valence-corrected chi connectivity index (χ2v) is 5.46. The van der Waals surface area contributed by atoms with Crippen molar-refractivity contribution in [3.63, 3.8) is 0 Å². The molecule has 0 aromatic heterocycles. The third-order valence-electron chi connectivity index (χ3n) is 4.12. The summed E-state index contributed by atoms with van der Waals surface area (Å²) >= 11 is 0. The van der Waals surface area contributed by atoms with Crippen molar-refractivity contribution in [3.8, 4) is 0 Å². The molecule has 2 rings (SSSR count). The van der Waals surface area contributed by atoms with Crippen molar-refractivity contribution in [2.45, 2.75) is 76.2 Å². The van der Waals surface area contributed by atoms with Gasteiger partial charge in [0.2, 0.25) is 5.78 Å². The number of rotatable bonds is 0. The molecule has 0 bridgehead atoms. The van der Waals surface area contributed by atoms with Crippen molar-refractivity contribution in [2.24, 2.45) is 0 Å². The van der Waals surface area contributed by atoms with Crippen LogP contribution < -0.4 is 0 Å². The lowest BCUT2D eigenvalue weighted by Gasteiger charge is -2.27. The van der Waals surface area contributed by atoms with E-state index in [0.717, 1.165) is 25.7 Å². The van der Waals surface area contributed by atoms with E-state index in [-0.39, 0.29) is 5.78 Å². The van der Waals surface area contributed by atoms with Crippen LogP contribution in [0, 0.1) is 0 Å². The Morgan fingerprint density at radius 1 is 0.824 bits per heavy atom. The number of ether oxygens (including phenoxy) is 1. The maximum atomic E-state index is 12.0. The highest BCUT2D eigenvalue weighted by molar-refractivity contribution is 5.98. The van der Waals surface area contributed by atoms with Crippen molar-refractivity contribution < 1.29 is 9.53 Å². The molecule has 0 aromatic carbocycles. The van der Waals surface area contributed by atoms with Crippen molar-refractivity contribution in [2.75, 3.05) is 0 Å². The molecular weight excluding hydrogens is 212 g/mol. The predicted octanol–water partition coefficient (Wildman–Crippen LogP) is 4.14. The van der Waals surface area contributed by atoms with E-state index in [4.69, 9.17) is 4.74 Å². The summed E-state index contributed by atoms with van der Waals surface area (Å²) in [5, 5.41) is 0. The zero-order chi connectivity index (χ0) is 12.0. The average Bonchev–Trinajstić information content (AvgIpc) is 2.66. The van der Waals surface area contributed by atoms with Crippen LogP contribution in [0.1, 0.15) is 70.6 Å². The SMILES string of the molecule is O=C1C=COC12CCCCCCCCCCC2. The van der Waals surface area contributed by atoms with Crippen LogP contribution >= 0.6 is 0 Å². The van der Waals surface area contributed by atoms with Gasteiger partial charge in [-0.15, -0.1) is 0 Å². The van der Waals surface area contributed by atoms with Gasteiger partial charge in [0.05, 0.1) is 6.26 Å². The van der Waals surface area contributed by atoms with Crippen LogP contribution in [-0.4, -0.2) is 11.4 Å². The van der Waals surface area contributed by atoms with E-state index in [2.05, 4.69) is 0 Å². The standard InChI is InChI=1S/C15H24O2/c16-14-10-13-17-15(14)11-8-6-4-2-1-3-5-7-9-12-15/h10,13H,1-9,11-12H2. The molecule has 0 radical (unpaired) electrons. The number of hydrogen-bond acceptors (Lipinski definition) is 2. The lowest BCUT2D eigenvalue weighted by Crippen LogP contribution is -2.36. The van der Waals surface area contributed by atoms with Crippen LogP contribution in [0.4, 0.5) is 0 Å². The largest absolute Gasteiger partial charge is 0.487 e. The fourth-order valence-electron chi connectivity index (χ4n) is 2.98. The Bertz CT molecular complexity index is 269. The second-order valence-electron chi connectivity index (χ2n) is 5.46. The van der Waals surface area contributed by atoms with Gasteiger partial charge in [-0.05, 0) is 25.7 Å². The molecule has 0 saturated heterocycles. The predicted molar refractivity (Wildman–Crippen MR) is 68.8 cm³/mol. The van der Waals surface area contributed by atoms with Crippen molar-refractivity contribution in [1.82, 2.24) is 0 Å². The number of ketones is 1. The monoisotopic (exact) mass is 236 g/mol. The van der Waals surface area contributed by atoms with Crippen LogP contribution in [0.3, 0.4) is 0 Å². The molecule has 1 aliphatic carbocycles. The van der Waals surface area contributed by atoms with E-state index in [9.17, 15) is 4.79 Å². The molecule has 1 fully saturated rings. The molecular formula is C15H24O2. The Kier molecular flexibility index (Phi) is 4.64. The lowest BCUT2D eigenvalue weighted by atomic mass is 9.86. The lowest BCUT2D eigenvalue weighted by molar-refractivity contribution is -0.131. The molecule has 0 amide bonds. The molecule has 0 unspecified atom stereocenters. The van der Waals surface area contributed by atoms with E-state index in [1.165, 1.54) is 44.9 Å². The molecule has 2 heteroatoms. The smallest absolute Gasteiger partial charge is 0.202 e. The molecule has 1 spiro atoms. The van der Waals surface area contributed by atoms with Gasteiger partial charge >= 0.3 is 0 Å². The third kappa shape index (κ3) is 3.34. The summed E-state index contributed by atoms with van der Waals surface area (Å²) in [6.07, 6.45) is 16.6. The van der Waals surface area contributed by atoms with Gasteiger partial charge in [0.25, 0.3) is 0 Å². The van der Waals surface area contributed by atoms with Crippen molar-refractivity contribution in [1.29, 1.82) is 0 Å². The average molecular weight is 236 g/mol. The van der Waals surface area contributed by atoms with Crippen LogP contribution in [0.25, 0.3) is 0 Å². The van der Waals surface area contributed by atoms with E-state index in [1.54, 1.807) is 12.3 Å². The maximum absolute atomic E-state index is 12.0. The summed E-state index contributed by atoms with van der Waals surface area (Å²) in [5.74, 6) is 0.203. The zero-order valence-electron chi connectivity index (χ0n) is 10.7. The van der Waals surface area contributed by atoms with Gasteiger partial charge < -0.3 is 4.74 Å². The Hall–Kier alpha value is -0.790. The number of carbonyl (C=O) groups excluding carboxylic acids is 1. The highest BCUT2D eigenvalue weighted by atomic mass is 16.5. The van der Waals surface area contributed by atoms with Gasteiger partial charge in [-0.25, -0.2) is 0 Å². The van der Waals surface area contributed by atoms with E-state index >= 15 is 0 Å². The van der Waals surface area contributed by atoms with Gasteiger partial charge in [0.15, 0.2) is 5.60 Å². The molecule has 1 saturated carbocycles. The fraction of sp³-hybridized carbons (Fsp3) is 0.800. The first-order valence-corrected chi connectivity index (χ1v) is 7.22. The Morgan fingerprint density at radius 3 is 1.71 bits per heavy atom. The molecule has 96 valence electrons. The summed E-state index contributed by atoms with van der Waals surface area (Å²) in [5.41, 5.74) is -0.473. The molecule has 0 atom stereocenters. The van der Waals surface area contributed by atoms with Crippen LogP contribution in [-0.2, 0) is 9.53 Å². The van der Waals surface area contributed by atoms with E-state index in [1.807, 2.05) is 0 Å². The van der Waals surface area contributed by atoms with Gasteiger partial charge in [-0.2, -0.15) is 0 Å². The Balaban J connectivity index is 1.91. The normalized spacial score (nSPS) is 26.2. The van der Waals surface area contributed by atoms with E-state index in [0.29, 0.717) is 0 Å². The first kappa shape index (κ1) is 12.7. The molecule has 1 heterocycles. The number of hydrogen-bond donors (Lipinski definition) is 0. The minimum Gasteiger partial charge on any atom is -0.487 e. The van der Waals surface area contributed by atoms with E-state index < -0.39 is 5.60 Å². The summed E-state index contributed by atoms with van der Waals surface area (Å²) in [4.78, 5) is 12.0. The fourth-order valence-corrected chi connectivity index (χ4v) is 2.98. The summed E-state index contributed by atoms with van der Waals surface area (Å²) in [6.45, 7) is 0. The van der Waals surface area contributed by atoms with Gasteiger partial charge in [0.1, 0.15) is 0 Å². The molecule has 0 aromatic rings. The minimum atomic E-state index is -0.473. The number of carbonyl (C=O) groups is 1. The van der Waals surface area contributed by atoms with Crippen molar-refractivity contribution in [3.05, 3.63) is 12.3 Å². The van der Waals surface area contributed by atoms with Gasteiger partial charge in [0, 0.05) is 6.08 Å². The summed E-state index contributed by atoms with van der Waals surface area (Å²) in [7, 11) is 0. The van der Waals surface area contributed by atoms with Gasteiger partial charge in [-0.3, -0.25) is 4.79 Å². The zero-order valence-corrected chi connectivity index (χ0v) is 10.7. The van der Waals surface area contributed by atoms with Crippen LogP contribution in [0.5, 0.6) is 0 Å². The molecule has 17 heavy (non-hydrogen) atoms. The Morgan fingerprint density at radius 2 is 1.29 bits per heavy atom. The molecule has 2 aliphatic rings. The first-order valence-electron chi connectivity index (χ1n) is 7.22. The van der Waals surface area contributed by atoms with Crippen LogP contribution in [0.2, 0.25) is 0 Å². The topological polar surface area (TPSA) is 26.3 Å². The highest BCUT2D eigenvalue weighted by Crippen LogP contribution is 2.32. The van der Waals surface area contributed by atoms with Crippen LogP contribution in [0.15, 0.2) is 12.3 Å². The maximum Gasteiger partial charge on any atom is 0.202 e. The summed E-state index contributed by atoms with van der Waals surface area (Å²) in [6, 6.07) is 0. The highest BCUT2D eigenvalue weighted by Gasteiger charge is 2.40. The molecule has 0 N–H and O–H groups in total. The summed E-state index contributed by atoms with van der Waals surface area (Å²) < 4.78 is 5.67. The van der Waals surface area contributed by atoms with Gasteiger partial charge in [-0.1, -0.05) is 44.9 Å². The Labute approximate surface area is 104 Å². The van der Waals surface area contributed by atoms with Crippen molar-refractivity contribution >= 4 is 5.78 Å².